The maximum atomic E-state index is 10.2. The molecule has 0 saturated carbocycles. The van der Waals surface area contributed by atoms with E-state index in [2.05, 4.69) is 18.9 Å². The minimum absolute atomic E-state index is 0.245. The van der Waals surface area contributed by atoms with Crippen LogP contribution in [0, 0.1) is 6.92 Å². The molecule has 0 fully saturated rings. The van der Waals surface area contributed by atoms with E-state index in [1.54, 1.807) is 11.8 Å². The highest BCUT2D eigenvalue weighted by Crippen LogP contribution is 2.33. The Balaban J connectivity index is 2.47. The SMILES string of the molecule is CSc1ccc(-c2nn(C(C)C)c(C)c2O)cc1. The molecule has 0 atom stereocenters. The quantitative estimate of drug-likeness (QED) is 0.853. The van der Waals surface area contributed by atoms with Crippen molar-refractivity contribution in [3.63, 3.8) is 0 Å². The minimum atomic E-state index is 0.245. The lowest BCUT2D eigenvalue weighted by atomic mass is 10.1. The second-order valence-corrected chi connectivity index (χ2v) is 5.43. The molecule has 4 heteroatoms. The molecule has 18 heavy (non-hydrogen) atoms. The van der Waals surface area contributed by atoms with Crippen molar-refractivity contribution in [1.82, 2.24) is 9.78 Å². The Labute approximate surface area is 112 Å². The largest absolute Gasteiger partial charge is 0.504 e. The summed E-state index contributed by atoms with van der Waals surface area (Å²) in [4.78, 5) is 1.21. The summed E-state index contributed by atoms with van der Waals surface area (Å²) in [7, 11) is 0. The fourth-order valence-electron chi connectivity index (χ4n) is 1.96. The Kier molecular flexibility index (Phi) is 3.66. The number of benzene rings is 1. The van der Waals surface area contributed by atoms with Crippen LogP contribution in [-0.2, 0) is 0 Å². The van der Waals surface area contributed by atoms with Crippen LogP contribution in [0.4, 0.5) is 0 Å². The Morgan fingerprint density at radius 3 is 2.28 bits per heavy atom. The fraction of sp³-hybridized carbons (Fsp3) is 0.357. The summed E-state index contributed by atoms with van der Waals surface area (Å²) in [6, 6.07) is 8.33. The second kappa shape index (κ2) is 5.06. The molecule has 0 aliphatic carbocycles. The molecular formula is C14H18N2OS. The lowest BCUT2D eigenvalue weighted by Gasteiger charge is -2.06. The molecule has 0 spiro atoms. The van der Waals surface area contributed by atoms with Crippen molar-refractivity contribution in [3.8, 4) is 17.0 Å². The second-order valence-electron chi connectivity index (χ2n) is 4.55. The molecule has 0 radical (unpaired) electrons. The van der Waals surface area contributed by atoms with E-state index in [9.17, 15) is 5.11 Å². The topological polar surface area (TPSA) is 38.0 Å². The van der Waals surface area contributed by atoms with E-state index in [1.165, 1.54) is 4.90 Å². The molecule has 0 aliphatic heterocycles. The first kappa shape index (κ1) is 13.0. The molecule has 1 aromatic carbocycles. The average molecular weight is 262 g/mol. The number of aromatic nitrogens is 2. The van der Waals surface area contributed by atoms with E-state index in [0.29, 0.717) is 5.69 Å². The van der Waals surface area contributed by atoms with Crippen LogP contribution in [0.25, 0.3) is 11.3 Å². The standard InChI is InChI=1S/C14H18N2OS/c1-9(2)16-10(3)14(17)13(15-16)11-5-7-12(18-4)8-6-11/h5-9,17H,1-4H3. The fourth-order valence-corrected chi connectivity index (χ4v) is 2.36. The number of rotatable bonds is 3. The van der Waals surface area contributed by atoms with Gasteiger partial charge in [-0.1, -0.05) is 12.1 Å². The molecule has 0 saturated heterocycles. The zero-order valence-corrected chi connectivity index (χ0v) is 12.0. The van der Waals surface area contributed by atoms with Gasteiger partial charge in [-0.05, 0) is 39.2 Å². The summed E-state index contributed by atoms with van der Waals surface area (Å²) in [5, 5.41) is 14.7. The van der Waals surface area contributed by atoms with Gasteiger partial charge in [-0.3, -0.25) is 4.68 Å². The van der Waals surface area contributed by atoms with E-state index in [1.807, 2.05) is 42.1 Å². The number of nitrogens with zero attached hydrogens (tertiary/aromatic N) is 2. The molecule has 0 aliphatic rings. The van der Waals surface area contributed by atoms with Gasteiger partial charge in [0.15, 0.2) is 5.75 Å². The Bertz CT molecular complexity index is 544. The average Bonchev–Trinajstić information content (AvgIpc) is 2.67. The van der Waals surface area contributed by atoms with E-state index in [-0.39, 0.29) is 11.8 Å². The van der Waals surface area contributed by atoms with Crippen LogP contribution in [0.5, 0.6) is 5.75 Å². The summed E-state index contributed by atoms with van der Waals surface area (Å²) in [6.45, 7) is 6.00. The third-order valence-corrected chi connectivity index (χ3v) is 3.71. The molecule has 1 heterocycles. The summed E-state index contributed by atoms with van der Waals surface area (Å²) in [5.41, 5.74) is 2.43. The van der Waals surface area contributed by atoms with Gasteiger partial charge in [-0.2, -0.15) is 5.10 Å². The predicted molar refractivity (Wildman–Crippen MR) is 76.2 cm³/mol. The molecule has 0 bridgehead atoms. The number of hydrogen-bond donors (Lipinski definition) is 1. The Morgan fingerprint density at radius 2 is 1.83 bits per heavy atom. The number of aromatic hydroxyl groups is 1. The van der Waals surface area contributed by atoms with Gasteiger partial charge in [-0.15, -0.1) is 11.8 Å². The van der Waals surface area contributed by atoms with Crippen LogP contribution in [-0.4, -0.2) is 21.1 Å². The van der Waals surface area contributed by atoms with Crippen LogP contribution < -0.4 is 0 Å². The van der Waals surface area contributed by atoms with E-state index < -0.39 is 0 Å². The van der Waals surface area contributed by atoms with Crippen molar-refractivity contribution in [2.24, 2.45) is 0 Å². The van der Waals surface area contributed by atoms with Crippen molar-refractivity contribution in [3.05, 3.63) is 30.0 Å². The van der Waals surface area contributed by atoms with Gasteiger partial charge in [0.1, 0.15) is 5.69 Å². The third-order valence-electron chi connectivity index (χ3n) is 2.97. The molecule has 2 rings (SSSR count). The normalized spacial score (nSPS) is 11.2. The summed E-state index contributed by atoms with van der Waals surface area (Å²) in [5.74, 6) is 0.278. The van der Waals surface area contributed by atoms with Crippen molar-refractivity contribution < 1.29 is 5.11 Å². The van der Waals surface area contributed by atoms with E-state index >= 15 is 0 Å². The smallest absolute Gasteiger partial charge is 0.164 e. The van der Waals surface area contributed by atoms with Crippen molar-refractivity contribution in [2.75, 3.05) is 6.26 Å². The minimum Gasteiger partial charge on any atom is -0.504 e. The number of thioether (sulfide) groups is 1. The predicted octanol–water partition coefficient (Wildman–Crippen LogP) is 3.87. The van der Waals surface area contributed by atoms with Gasteiger partial charge in [0.2, 0.25) is 0 Å². The van der Waals surface area contributed by atoms with E-state index in [0.717, 1.165) is 11.3 Å². The molecule has 2 aromatic rings. The Hall–Kier alpha value is -1.42. The van der Waals surface area contributed by atoms with Crippen LogP contribution in [0.3, 0.4) is 0 Å². The molecule has 0 unspecified atom stereocenters. The maximum absolute atomic E-state index is 10.2. The van der Waals surface area contributed by atoms with Gasteiger partial charge >= 0.3 is 0 Å². The maximum Gasteiger partial charge on any atom is 0.164 e. The zero-order valence-electron chi connectivity index (χ0n) is 11.1. The van der Waals surface area contributed by atoms with Gasteiger partial charge in [0, 0.05) is 16.5 Å². The van der Waals surface area contributed by atoms with Gasteiger partial charge in [-0.25, -0.2) is 0 Å². The van der Waals surface area contributed by atoms with Crippen molar-refractivity contribution >= 4 is 11.8 Å². The monoisotopic (exact) mass is 262 g/mol. The first-order valence-electron chi connectivity index (χ1n) is 5.97. The third kappa shape index (κ3) is 2.25. The highest BCUT2D eigenvalue weighted by molar-refractivity contribution is 7.98. The van der Waals surface area contributed by atoms with Crippen LogP contribution >= 0.6 is 11.8 Å². The summed E-state index contributed by atoms with van der Waals surface area (Å²) < 4.78 is 1.85. The van der Waals surface area contributed by atoms with Gasteiger partial charge in [0.25, 0.3) is 0 Å². The molecular weight excluding hydrogens is 244 g/mol. The first-order valence-corrected chi connectivity index (χ1v) is 7.19. The van der Waals surface area contributed by atoms with Crippen LogP contribution in [0.1, 0.15) is 25.6 Å². The van der Waals surface area contributed by atoms with Gasteiger partial charge in [0.05, 0.1) is 5.69 Å². The Morgan fingerprint density at radius 1 is 1.22 bits per heavy atom. The zero-order chi connectivity index (χ0) is 13.3. The first-order chi connectivity index (χ1) is 8.54. The van der Waals surface area contributed by atoms with Crippen LogP contribution in [0.2, 0.25) is 0 Å². The lowest BCUT2D eigenvalue weighted by molar-refractivity contribution is 0.461. The molecule has 3 nitrogen and oxygen atoms in total. The number of hydrogen-bond acceptors (Lipinski definition) is 3. The van der Waals surface area contributed by atoms with Crippen molar-refractivity contribution in [2.45, 2.75) is 31.7 Å². The van der Waals surface area contributed by atoms with Crippen LogP contribution in [0.15, 0.2) is 29.2 Å². The van der Waals surface area contributed by atoms with Crippen molar-refractivity contribution in [1.29, 1.82) is 0 Å². The molecule has 0 amide bonds. The highest BCUT2D eigenvalue weighted by atomic mass is 32.2. The summed E-state index contributed by atoms with van der Waals surface area (Å²) in [6.07, 6.45) is 2.05. The highest BCUT2D eigenvalue weighted by Gasteiger charge is 2.16. The molecule has 1 N–H and O–H groups in total. The molecule has 1 aromatic heterocycles. The lowest BCUT2D eigenvalue weighted by Crippen LogP contribution is -2.04. The van der Waals surface area contributed by atoms with Gasteiger partial charge < -0.3 is 5.11 Å². The molecule has 96 valence electrons. The summed E-state index contributed by atoms with van der Waals surface area (Å²) >= 11 is 1.70. The van der Waals surface area contributed by atoms with E-state index in [4.69, 9.17) is 0 Å².